The van der Waals surface area contributed by atoms with Gasteiger partial charge in [-0.1, -0.05) is 6.92 Å². The molecule has 4 nitrogen and oxygen atoms in total. The molecule has 6 heteroatoms. The van der Waals surface area contributed by atoms with E-state index in [0.29, 0.717) is 19.5 Å². The Morgan fingerprint density at radius 1 is 1.32 bits per heavy atom. The number of hydrogen-bond acceptors (Lipinski definition) is 3. The summed E-state index contributed by atoms with van der Waals surface area (Å²) in [6.07, 6.45) is 1.78. The van der Waals surface area contributed by atoms with Gasteiger partial charge in [0.15, 0.2) is 0 Å². The minimum Gasteiger partial charge on any atom is -0.444 e. The Bertz CT molecular complexity index is 409. The molecule has 1 heterocycles. The van der Waals surface area contributed by atoms with Crippen LogP contribution in [0.4, 0.5) is 13.6 Å². The van der Waals surface area contributed by atoms with Gasteiger partial charge in [-0.25, -0.2) is 13.6 Å². The molecule has 128 valence electrons. The van der Waals surface area contributed by atoms with Gasteiger partial charge >= 0.3 is 6.09 Å². The zero-order valence-corrected chi connectivity index (χ0v) is 14.0. The monoisotopic (exact) mass is 318 g/mol. The summed E-state index contributed by atoms with van der Waals surface area (Å²) in [7, 11) is 0. The van der Waals surface area contributed by atoms with E-state index in [4.69, 9.17) is 4.74 Å². The highest BCUT2D eigenvalue weighted by Crippen LogP contribution is 2.38. The van der Waals surface area contributed by atoms with Gasteiger partial charge in [-0.2, -0.15) is 0 Å². The van der Waals surface area contributed by atoms with Crippen molar-refractivity contribution >= 4 is 6.09 Å². The van der Waals surface area contributed by atoms with Crippen molar-refractivity contribution in [1.29, 1.82) is 0 Å². The molecule has 1 saturated carbocycles. The number of nitrogens with zero attached hydrogens (tertiary/aromatic N) is 1. The summed E-state index contributed by atoms with van der Waals surface area (Å²) in [5, 5.41) is 3.34. The van der Waals surface area contributed by atoms with Crippen LogP contribution in [-0.2, 0) is 4.74 Å². The fraction of sp³-hybridized carbons (Fsp3) is 0.938. The molecule has 0 bridgehead atoms. The molecule has 1 aliphatic carbocycles. The van der Waals surface area contributed by atoms with Crippen LogP contribution in [0.5, 0.6) is 0 Å². The maximum atomic E-state index is 13.8. The lowest BCUT2D eigenvalue weighted by atomic mass is 9.82. The molecular weight excluding hydrogens is 290 g/mol. The average molecular weight is 318 g/mol. The number of nitrogens with one attached hydrogen (secondary N) is 1. The minimum atomic E-state index is -2.58. The molecule has 1 amide bonds. The fourth-order valence-electron chi connectivity index (χ4n) is 3.25. The van der Waals surface area contributed by atoms with Gasteiger partial charge in [0, 0.05) is 37.5 Å². The molecule has 22 heavy (non-hydrogen) atoms. The van der Waals surface area contributed by atoms with Crippen LogP contribution >= 0.6 is 0 Å². The third-order valence-electron chi connectivity index (χ3n) is 4.58. The molecule has 0 aromatic carbocycles. The number of hydrogen-bond donors (Lipinski definition) is 1. The lowest BCUT2D eigenvalue weighted by molar-refractivity contribution is -0.0921. The van der Waals surface area contributed by atoms with Crippen molar-refractivity contribution < 1.29 is 18.3 Å². The molecule has 0 aromatic heterocycles. The number of halogens is 2. The minimum absolute atomic E-state index is 0.0129. The van der Waals surface area contributed by atoms with E-state index in [2.05, 4.69) is 5.32 Å². The van der Waals surface area contributed by atoms with Crippen LogP contribution in [0.1, 0.15) is 53.4 Å². The zero-order chi connectivity index (χ0) is 16.5. The van der Waals surface area contributed by atoms with Crippen LogP contribution in [0, 0.1) is 5.92 Å². The maximum Gasteiger partial charge on any atom is 0.410 e. The van der Waals surface area contributed by atoms with Gasteiger partial charge in [0.25, 0.3) is 5.92 Å². The maximum absolute atomic E-state index is 13.8. The largest absolute Gasteiger partial charge is 0.444 e. The fourth-order valence-corrected chi connectivity index (χ4v) is 3.25. The molecule has 0 aromatic rings. The number of likely N-dealkylation sites (tertiary alicyclic amines) is 1. The number of rotatable bonds is 2. The van der Waals surface area contributed by atoms with Crippen molar-refractivity contribution in [2.75, 3.05) is 13.1 Å². The van der Waals surface area contributed by atoms with Gasteiger partial charge in [-0.15, -0.1) is 0 Å². The molecule has 2 aliphatic rings. The van der Waals surface area contributed by atoms with Crippen LogP contribution in [-0.4, -0.2) is 47.7 Å². The number of amides is 1. The van der Waals surface area contributed by atoms with Gasteiger partial charge in [-0.05, 0) is 40.0 Å². The Morgan fingerprint density at radius 3 is 2.64 bits per heavy atom. The van der Waals surface area contributed by atoms with Crippen LogP contribution in [0.3, 0.4) is 0 Å². The van der Waals surface area contributed by atoms with E-state index in [0.717, 1.165) is 12.8 Å². The number of carbonyl (C=O) groups is 1. The van der Waals surface area contributed by atoms with Crippen LogP contribution in [0.25, 0.3) is 0 Å². The van der Waals surface area contributed by atoms with Crippen molar-refractivity contribution in [2.45, 2.75) is 77.0 Å². The molecule has 3 atom stereocenters. The summed E-state index contributed by atoms with van der Waals surface area (Å²) < 4.78 is 32.9. The van der Waals surface area contributed by atoms with Crippen molar-refractivity contribution in [3.8, 4) is 0 Å². The molecular formula is C16H28F2N2O2. The number of alkyl halides is 2. The topological polar surface area (TPSA) is 41.6 Å². The normalized spacial score (nSPS) is 32.1. The van der Waals surface area contributed by atoms with E-state index in [1.165, 1.54) is 0 Å². The number of ether oxygens (including phenoxy) is 1. The average Bonchev–Trinajstić information content (AvgIpc) is 2.81. The highest BCUT2D eigenvalue weighted by Gasteiger charge is 2.44. The third-order valence-corrected chi connectivity index (χ3v) is 4.58. The first-order valence-corrected chi connectivity index (χ1v) is 8.20. The van der Waals surface area contributed by atoms with Crippen molar-refractivity contribution in [2.24, 2.45) is 5.92 Å². The summed E-state index contributed by atoms with van der Waals surface area (Å²) in [5.74, 6) is -3.24. The molecule has 1 aliphatic heterocycles. The van der Waals surface area contributed by atoms with Crippen LogP contribution < -0.4 is 5.32 Å². The molecule has 2 rings (SSSR count). The van der Waals surface area contributed by atoms with Crippen LogP contribution in [0.15, 0.2) is 0 Å². The van der Waals surface area contributed by atoms with E-state index >= 15 is 0 Å². The van der Waals surface area contributed by atoms with Crippen LogP contribution in [0.2, 0.25) is 0 Å². The summed E-state index contributed by atoms with van der Waals surface area (Å²) in [4.78, 5) is 13.7. The second kappa shape index (κ2) is 6.30. The van der Waals surface area contributed by atoms with Gasteiger partial charge < -0.3 is 15.0 Å². The standard InChI is InChI=1S/C16H28F2N2O2/c1-11-13(6-5-8-16(11,17)18)19-12-7-9-20(10-12)14(21)22-15(2,3)4/h11-13,19H,5-10H2,1-4H3/t11-,12+,13-/m0/s1. The Hall–Kier alpha value is -0.910. The molecule has 1 N–H and O–H groups in total. The smallest absolute Gasteiger partial charge is 0.410 e. The third kappa shape index (κ3) is 4.31. The highest BCUT2D eigenvalue weighted by molar-refractivity contribution is 5.68. The molecule has 0 unspecified atom stereocenters. The first-order chi connectivity index (χ1) is 10.1. The predicted octanol–water partition coefficient (Wildman–Crippen LogP) is 3.41. The summed E-state index contributed by atoms with van der Waals surface area (Å²) in [6, 6.07) is -0.0961. The highest BCUT2D eigenvalue weighted by atomic mass is 19.3. The lowest BCUT2D eigenvalue weighted by Crippen LogP contribution is -2.51. The molecule has 2 fully saturated rings. The summed E-state index contributed by atoms with van der Waals surface area (Å²) in [6.45, 7) is 8.28. The van der Waals surface area contributed by atoms with Crippen molar-refractivity contribution in [1.82, 2.24) is 10.2 Å². The van der Waals surface area contributed by atoms with Crippen molar-refractivity contribution in [3.05, 3.63) is 0 Å². The van der Waals surface area contributed by atoms with E-state index in [1.807, 2.05) is 20.8 Å². The second-order valence-corrected chi connectivity index (χ2v) is 7.63. The van der Waals surface area contributed by atoms with Gasteiger partial charge in [-0.3, -0.25) is 0 Å². The quantitative estimate of drug-likeness (QED) is 0.848. The first-order valence-electron chi connectivity index (χ1n) is 8.20. The van der Waals surface area contributed by atoms with E-state index in [1.54, 1.807) is 11.8 Å². The second-order valence-electron chi connectivity index (χ2n) is 7.63. The molecule has 0 spiro atoms. The Labute approximate surface area is 131 Å². The first kappa shape index (κ1) is 17.4. The molecule has 0 radical (unpaired) electrons. The zero-order valence-electron chi connectivity index (χ0n) is 14.0. The summed E-state index contributed by atoms with van der Waals surface area (Å²) >= 11 is 0. The molecule has 1 saturated heterocycles. The lowest BCUT2D eigenvalue weighted by Gasteiger charge is -2.37. The van der Waals surface area contributed by atoms with Gasteiger partial charge in [0.2, 0.25) is 0 Å². The number of carbonyl (C=O) groups excluding carboxylic acids is 1. The SMILES string of the molecule is C[C@H]1[C@@H](N[C@@H]2CCN(C(=O)OC(C)(C)C)C2)CCCC1(F)F. The van der Waals surface area contributed by atoms with Gasteiger partial charge in [0.1, 0.15) is 5.60 Å². The predicted molar refractivity (Wildman–Crippen MR) is 81.1 cm³/mol. The Kier molecular flexibility index (Phi) is 5.00. The van der Waals surface area contributed by atoms with E-state index in [9.17, 15) is 13.6 Å². The Balaban J connectivity index is 1.85. The van der Waals surface area contributed by atoms with Gasteiger partial charge in [0.05, 0.1) is 0 Å². The van der Waals surface area contributed by atoms with E-state index < -0.39 is 17.4 Å². The van der Waals surface area contributed by atoms with E-state index in [-0.39, 0.29) is 24.6 Å². The van der Waals surface area contributed by atoms with Crippen molar-refractivity contribution in [3.63, 3.8) is 0 Å². The Morgan fingerprint density at radius 2 is 2.00 bits per heavy atom. The summed E-state index contributed by atoms with van der Waals surface area (Å²) in [5.41, 5.74) is -0.511.